The van der Waals surface area contributed by atoms with Gasteiger partial charge in [0, 0.05) is 17.7 Å². The monoisotopic (exact) mass is 498 g/mol. The molecule has 1 saturated carbocycles. The number of hydrogen-bond acceptors (Lipinski definition) is 8. The van der Waals surface area contributed by atoms with Gasteiger partial charge in [-0.2, -0.15) is 4.68 Å². The lowest BCUT2D eigenvalue weighted by Crippen LogP contribution is -2.28. The SMILES string of the molecule is O=C(COC(=O)/C(=C\c1ccco1)n1nnnc1-c1ccccc1)Nc1ccccc1C(=O)NC1CC1. The molecule has 2 N–H and O–H groups in total. The molecule has 0 saturated heterocycles. The molecule has 0 aliphatic heterocycles. The van der Waals surface area contributed by atoms with Gasteiger partial charge in [-0.3, -0.25) is 9.59 Å². The summed E-state index contributed by atoms with van der Waals surface area (Å²) in [6.07, 6.45) is 4.76. The Hall–Kier alpha value is -5.06. The van der Waals surface area contributed by atoms with E-state index >= 15 is 0 Å². The molecule has 0 atom stereocenters. The first kappa shape index (κ1) is 23.7. The standard InChI is InChI=1S/C26H22N6O5/c33-23(28-21-11-5-4-10-20(21)25(34)27-18-12-13-18)16-37-26(35)22(15-19-9-6-14-36-19)32-24(29-30-31-32)17-7-2-1-3-8-17/h1-11,14-15,18H,12-13,16H2,(H,27,34)(H,28,33)/b22-15+. The first-order chi connectivity index (χ1) is 18.1. The van der Waals surface area contributed by atoms with Crippen LogP contribution in [-0.2, 0) is 14.3 Å². The smallest absolute Gasteiger partial charge is 0.357 e. The van der Waals surface area contributed by atoms with E-state index in [-0.39, 0.29) is 17.6 Å². The van der Waals surface area contributed by atoms with Crippen LogP contribution in [0.3, 0.4) is 0 Å². The molecule has 5 rings (SSSR count). The van der Waals surface area contributed by atoms with Crippen LogP contribution in [0.25, 0.3) is 23.2 Å². The Balaban J connectivity index is 1.32. The summed E-state index contributed by atoms with van der Waals surface area (Å²) in [6.45, 7) is -0.601. The maximum atomic E-state index is 13.1. The molecule has 0 spiro atoms. The summed E-state index contributed by atoms with van der Waals surface area (Å²) < 4.78 is 11.9. The first-order valence-corrected chi connectivity index (χ1v) is 11.5. The second kappa shape index (κ2) is 10.7. The fourth-order valence-electron chi connectivity index (χ4n) is 3.50. The van der Waals surface area contributed by atoms with E-state index in [0.717, 1.165) is 12.8 Å². The Morgan fingerprint density at radius 1 is 1.03 bits per heavy atom. The van der Waals surface area contributed by atoms with Crippen LogP contribution in [0, 0.1) is 0 Å². The zero-order valence-electron chi connectivity index (χ0n) is 19.5. The third-order valence-corrected chi connectivity index (χ3v) is 5.45. The highest BCUT2D eigenvalue weighted by Gasteiger charge is 2.25. The Morgan fingerprint density at radius 3 is 2.57 bits per heavy atom. The number of amides is 2. The minimum atomic E-state index is -0.851. The van der Waals surface area contributed by atoms with Crippen molar-refractivity contribution in [3.63, 3.8) is 0 Å². The predicted octanol–water partition coefficient (Wildman–Crippen LogP) is 3.01. The number of anilines is 1. The average Bonchev–Trinajstić information content (AvgIpc) is 3.36. The third-order valence-electron chi connectivity index (χ3n) is 5.45. The zero-order chi connectivity index (χ0) is 25.6. The van der Waals surface area contributed by atoms with Gasteiger partial charge in [0.15, 0.2) is 18.1 Å². The van der Waals surface area contributed by atoms with Crippen LogP contribution in [0.1, 0.15) is 29.0 Å². The molecule has 1 aliphatic carbocycles. The summed E-state index contributed by atoms with van der Waals surface area (Å²) in [5.41, 5.74) is 1.26. The minimum absolute atomic E-state index is 0.0594. The molecule has 2 amide bonds. The molecule has 11 heteroatoms. The summed E-state index contributed by atoms with van der Waals surface area (Å²) in [5.74, 6) is -1.07. The van der Waals surface area contributed by atoms with Crippen molar-refractivity contribution < 1.29 is 23.5 Å². The second-order valence-electron chi connectivity index (χ2n) is 8.24. The van der Waals surface area contributed by atoms with E-state index in [9.17, 15) is 14.4 Å². The van der Waals surface area contributed by atoms with E-state index in [1.165, 1.54) is 17.0 Å². The van der Waals surface area contributed by atoms with Crippen molar-refractivity contribution in [1.82, 2.24) is 25.5 Å². The lowest BCUT2D eigenvalue weighted by molar-refractivity contribution is -0.141. The van der Waals surface area contributed by atoms with E-state index in [2.05, 4.69) is 26.2 Å². The lowest BCUT2D eigenvalue weighted by atomic mass is 10.1. The molecule has 1 fully saturated rings. The van der Waals surface area contributed by atoms with E-state index < -0.39 is 18.5 Å². The minimum Gasteiger partial charge on any atom is -0.465 e. The predicted molar refractivity (Wildman–Crippen MR) is 133 cm³/mol. The van der Waals surface area contributed by atoms with E-state index in [1.807, 2.05) is 18.2 Å². The lowest BCUT2D eigenvalue weighted by Gasteiger charge is -2.12. The van der Waals surface area contributed by atoms with Crippen LogP contribution in [0.15, 0.2) is 77.4 Å². The number of nitrogens with one attached hydrogen (secondary N) is 2. The molecule has 0 bridgehead atoms. The number of hydrogen-bond donors (Lipinski definition) is 2. The maximum Gasteiger partial charge on any atom is 0.357 e. The largest absolute Gasteiger partial charge is 0.465 e. The second-order valence-corrected chi connectivity index (χ2v) is 8.24. The van der Waals surface area contributed by atoms with E-state index in [0.29, 0.717) is 28.4 Å². The van der Waals surface area contributed by atoms with Crippen molar-refractivity contribution >= 4 is 35.2 Å². The number of nitrogens with zero attached hydrogens (tertiary/aromatic N) is 4. The van der Waals surface area contributed by atoms with Crippen molar-refractivity contribution in [1.29, 1.82) is 0 Å². The number of rotatable bonds is 9. The Bertz CT molecular complexity index is 1440. The quantitative estimate of drug-likeness (QED) is 0.265. The van der Waals surface area contributed by atoms with E-state index in [1.54, 1.807) is 48.5 Å². The Kier molecular flexibility index (Phi) is 6.84. The first-order valence-electron chi connectivity index (χ1n) is 11.5. The van der Waals surface area contributed by atoms with Gasteiger partial charge in [0.2, 0.25) is 0 Å². The summed E-state index contributed by atoms with van der Waals surface area (Å²) >= 11 is 0. The molecule has 37 heavy (non-hydrogen) atoms. The molecule has 0 radical (unpaired) electrons. The molecular formula is C26H22N6O5. The summed E-state index contributed by atoms with van der Waals surface area (Å²) in [7, 11) is 0. The van der Waals surface area contributed by atoms with Crippen molar-refractivity contribution in [2.24, 2.45) is 0 Å². The van der Waals surface area contributed by atoms with Crippen LogP contribution in [0.2, 0.25) is 0 Å². The number of aromatic nitrogens is 4. The van der Waals surface area contributed by atoms with Crippen molar-refractivity contribution in [2.45, 2.75) is 18.9 Å². The summed E-state index contributed by atoms with van der Waals surface area (Å²) in [4.78, 5) is 38.3. The molecule has 2 heterocycles. The van der Waals surface area contributed by atoms with Gasteiger partial charge in [0.05, 0.1) is 17.5 Å². The number of benzene rings is 2. The number of tetrazole rings is 1. The molecule has 2 aromatic carbocycles. The number of furan rings is 1. The Labute approximate surface area is 211 Å². The number of carbonyl (C=O) groups excluding carboxylic acids is 3. The van der Waals surface area contributed by atoms with Crippen molar-refractivity contribution in [3.05, 3.63) is 84.3 Å². The van der Waals surface area contributed by atoms with Crippen LogP contribution in [-0.4, -0.2) is 50.6 Å². The molecule has 0 unspecified atom stereocenters. The van der Waals surface area contributed by atoms with Gasteiger partial charge < -0.3 is 19.8 Å². The maximum absolute atomic E-state index is 13.1. The molecule has 11 nitrogen and oxygen atoms in total. The molecular weight excluding hydrogens is 476 g/mol. The van der Waals surface area contributed by atoms with Gasteiger partial charge in [-0.1, -0.05) is 42.5 Å². The fraction of sp³-hybridized carbons (Fsp3) is 0.154. The molecule has 1 aliphatic rings. The average molecular weight is 498 g/mol. The molecule has 186 valence electrons. The summed E-state index contributed by atoms with van der Waals surface area (Å²) in [6, 6.07) is 19.2. The fourth-order valence-corrected chi connectivity index (χ4v) is 3.50. The van der Waals surface area contributed by atoms with Gasteiger partial charge in [-0.05, 0) is 47.5 Å². The number of ether oxygens (including phenoxy) is 1. The highest BCUT2D eigenvalue weighted by atomic mass is 16.5. The van der Waals surface area contributed by atoms with Crippen molar-refractivity contribution in [3.8, 4) is 11.4 Å². The number of para-hydroxylation sites is 1. The molecule has 4 aromatic rings. The number of carbonyl (C=O) groups is 3. The van der Waals surface area contributed by atoms with Gasteiger partial charge in [-0.15, -0.1) is 5.10 Å². The summed E-state index contributed by atoms with van der Waals surface area (Å²) in [5, 5.41) is 17.2. The van der Waals surface area contributed by atoms with Gasteiger partial charge in [0.1, 0.15) is 5.76 Å². The zero-order valence-corrected chi connectivity index (χ0v) is 19.5. The van der Waals surface area contributed by atoms with Gasteiger partial charge >= 0.3 is 5.97 Å². The Morgan fingerprint density at radius 2 is 1.81 bits per heavy atom. The van der Waals surface area contributed by atoms with Gasteiger partial charge in [-0.25, -0.2) is 4.79 Å². The van der Waals surface area contributed by atoms with E-state index in [4.69, 9.17) is 9.15 Å². The van der Waals surface area contributed by atoms with Crippen LogP contribution in [0.5, 0.6) is 0 Å². The van der Waals surface area contributed by atoms with Crippen molar-refractivity contribution in [2.75, 3.05) is 11.9 Å². The highest BCUT2D eigenvalue weighted by molar-refractivity contribution is 6.16. The third kappa shape index (κ3) is 5.78. The normalized spacial score (nSPS) is 13.1. The molecule has 2 aromatic heterocycles. The van der Waals surface area contributed by atoms with Crippen LogP contribution >= 0.6 is 0 Å². The topological polar surface area (TPSA) is 141 Å². The highest BCUT2D eigenvalue weighted by Crippen LogP contribution is 2.23. The van der Waals surface area contributed by atoms with Crippen LogP contribution in [0.4, 0.5) is 5.69 Å². The van der Waals surface area contributed by atoms with Gasteiger partial charge in [0.25, 0.3) is 11.8 Å². The number of esters is 1. The van der Waals surface area contributed by atoms with Crippen LogP contribution < -0.4 is 10.6 Å².